The maximum Gasteiger partial charge on any atom is 0.178 e. The predicted molar refractivity (Wildman–Crippen MR) is 63.2 cm³/mol. The van der Waals surface area contributed by atoms with Gasteiger partial charge >= 0.3 is 0 Å². The van der Waals surface area contributed by atoms with Crippen molar-refractivity contribution in [2.24, 2.45) is 5.73 Å². The van der Waals surface area contributed by atoms with Gasteiger partial charge in [-0.05, 0) is 36.7 Å². The number of benzene rings is 1. The standard InChI is InChI=1S/C10H10FN3S2/c11-8-1-2-9(7(5-8)3-4-12)16-10-14-13-6-15-10/h1-2,5-6H,3-4,12H2. The van der Waals surface area contributed by atoms with Crippen molar-refractivity contribution in [2.75, 3.05) is 6.54 Å². The number of hydrogen-bond donors (Lipinski definition) is 1. The van der Waals surface area contributed by atoms with E-state index in [9.17, 15) is 4.39 Å². The molecular formula is C10H10FN3S2. The average Bonchev–Trinajstić information content (AvgIpc) is 2.75. The summed E-state index contributed by atoms with van der Waals surface area (Å²) >= 11 is 2.96. The Kier molecular flexibility index (Phi) is 3.87. The maximum atomic E-state index is 13.1. The molecule has 6 heteroatoms. The molecule has 2 aromatic rings. The molecule has 2 N–H and O–H groups in total. The first-order chi connectivity index (χ1) is 7.79. The highest BCUT2D eigenvalue weighted by Gasteiger charge is 2.07. The lowest BCUT2D eigenvalue weighted by Crippen LogP contribution is -2.04. The Labute approximate surface area is 101 Å². The quantitative estimate of drug-likeness (QED) is 0.911. The fourth-order valence-corrected chi connectivity index (χ4v) is 2.87. The van der Waals surface area contributed by atoms with Gasteiger partial charge in [0.05, 0.1) is 0 Å². The summed E-state index contributed by atoms with van der Waals surface area (Å²) < 4.78 is 13.9. The molecule has 0 atom stereocenters. The normalized spacial score (nSPS) is 10.6. The zero-order valence-electron chi connectivity index (χ0n) is 8.39. The second kappa shape index (κ2) is 5.38. The van der Waals surface area contributed by atoms with E-state index in [0.717, 1.165) is 14.8 Å². The summed E-state index contributed by atoms with van der Waals surface area (Å²) in [6, 6.07) is 4.73. The number of aromatic nitrogens is 2. The van der Waals surface area contributed by atoms with Crippen LogP contribution in [0.2, 0.25) is 0 Å². The summed E-state index contributed by atoms with van der Waals surface area (Å²) in [7, 11) is 0. The number of nitrogens with two attached hydrogens (primary N) is 1. The van der Waals surface area contributed by atoms with E-state index < -0.39 is 0 Å². The first-order valence-electron chi connectivity index (χ1n) is 4.72. The lowest BCUT2D eigenvalue weighted by molar-refractivity contribution is 0.623. The molecule has 0 radical (unpaired) electrons. The molecule has 0 aliphatic rings. The monoisotopic (exact) mass is 255 g/mol. The van der Waals surface area contributed by atoms with E-state index in [0.29, 0.717) is 13.0 Å². The van der Waals surface area contributed by atoms with E-state index >= 15 is 0 Å². The van der Waals surface area contributed by atoms with Gasteiger partial charge in [0, 0.05) is 4.90 Å². The Hall–Kier alpha value is -0.980. The largest absolute Gasteiger partial charge is 0.330 e. The Morgan fingerprint density at radius 3 is 3.00 bits per heavy atom. The van der Waals surface area contributed by atoms with Gasteiger partial charge in [-0.1, -0.05) is 23.1 Å². The molecule has 84 valence electrons. The molecule has 2 rings (SSSR count). The first-order valence-corrected chi connectivity index (χ1v) is 6.41. The third-order valence-corrected chi connectivity index (χ3v) is 3.87. The molecule has 1 aromatic heterocycles. The summed E-state index contributed by atoms with van der Waals surface area (Å²) in [5.41, 5.74) is 8.09. The minimum absolute atomic E-state index is 0.231. The van der Waals surface area contributed by atoms with Crippen LogP contribution < -0.4 is 5.73 Å². The molecule has 0 amide bonds. The van der Waals surface area contributed by atoms with Crippen molar-refractivity contribution in [3.63, 3.8) is 0 Å². The van der Waals surface area contributed by atoms with Gasteiger partial charge in [0.1, 0.15) is 11.3 Å². The van der Waals surface area contributed by atoms with E-state index in [1.807, 2.05) is 0 Å². The van der Waals surface area contributed by atoms with Crippen molar-refractivity contribution in [1.29, 1.82) is 0 Å². The van der Waals surface area contributed by atoms with Crippen molar-refractivity contribution in [3.8, 4) is 0 Å². The molecule has 0 saturated heterocycles. The molecular weight excluding hydrogens is 245 g/mol. The van der Waals surface area contributed by atoms with Crippen molar-refractivity contribution in [2.45, 2.75) is 15.7 Å². The molecule has 0 bridgehead atoms. The van der Waals surface area contributed by atoms with Gasteiger partial charge in [-0.15, -0.1) is 10.2 Å². The van der Waals surface area contributed by atoms with Crippen LogP contribution >= 0.6 is 23.1 Å². The summed E-state index contributed by atoms with van der Waals surface area (Å²) in [6.07, 6.45) is 0.666. The van der Waals surface area contributed by atoms with Crippen LogP contribution in [0.3, 0.4) is 0 Å². The van der Waals surface area contributed by atoms with E-state index in [4.69, 9.17) is 5.73 Å². The lowest BCUT2D eigenvalue weighted by Gasteiger charge is -2.06. The molecule has 0 saturated carbocycles. The Morgan fingerprint density at radius 1 is 1.44 bits per heavy atom. The number of halogens is 1. The Morgan fingerprint density at radius 2 is 2.31 bits per heavy atom. The van der Waals surface area contributed by atoms with Gasteiger partial charge in [-0.3, -0.25) is 0 Å². The summed E-state index contributed by atoms with van der Waals surface area (Å²) in [4.78, 5) is 0.989. The van der Waals surface area contributed by atoms with E-state index in [1.165, 1.54) is 35.2 Å². The fraction of sp³-hybridized carbons (Fsp3) is 0.200. The van der Waals surface area contributed by atoms with Crippen molar-refractivity contribution in [3.05, 3.63) is 35.1 Å². The molecule has 16 heavy (non-hydrogen) atoms. The van der Waals surface area contributed by atoms with Gasteiger partial charge in [-0.2, -0.15) is 0 Å². The molecule has 3 nitrogen and oxygen atoms in total. The molecule has 1 aromatic carbocycles. The zero-order chi connectivity index (χ0) is 11.4. The molecule has 0 fully saturated rings. The smallest absolute Gasteiger partial charge is 0.178 e. The summed E-state index contributed by atoms with van der Waals surface area (Å²) in [5, 5.41) is 7.70. The lowest BCUT2D eigenvalue weighted by atomic mass is 10.1. The SMILES string of the molecule is NCCc1cc(F)ccc1Sc1nncs1. The highest BCUT2D eigenvalue weighted by Crippen LogP contribution is 2.31. The highest BCUT2D eigenvalue weighted by molar-refractivity contribution is 8.01. The minimum atomic E-state index is -0.231. The van der Waals surface area contributed by atoms with Crippen LogP contribution in [-0.2, 0) is 6.42 Å². The van der Waals surface area contributed by atoms with Crippen LogP contribution in [0.4, 0.5) is 4.39 Å². The van der Waals surface area contributed by atoms with Crippen LogP contribution in [0.1, 0.15) is 5.56 Å². The Bertz CT molecular complexity index is 459. The van der Waals surface area contributed by atoms with Crippen LogP contribution in [-0.4, -0.2) is 16.7 Å². The van der Waals surface area contributed by atoms with E-state index in [2.05, 4.69) is 10.2 Å². The van der Waals surface area contributed by atoms with E-state index in [-0.39, 0.29) is 5.82 Å². The van der Waals surface area contributed by atoms with Gasteiger partial charge in [0.2, 0.25) is 0 Å². The second-order valence-electron chi connectivity index (χ2n) is 3.10. The van der Waals surface area contributed by atoms with Crippen LogP contribution in [0.5, 0.6) is 0 Å². The predicted octanol–water partition coefficient (Wildman–Crippen LogP) is 2.33. The van der Waals surface area contributed by atoms with E-state index in [1.54, 1.807) is 11.6 Å². The van der Waals surface area contributed by atoms with Gasteiger partial charge in [0.25, 0.3) is 0 Å². The third-order valence-electron chi connectivity index (χ3n) is 1.97. The van der Waals surface area contributed by atoms with Crippen LogP contribution in [0.15, 0.2) is 32.9 Å². The highest BCUT2D eigenvalue weighted by atomic mass is 32.2. The minimum Gasteiger partial charge on any atom is -0.330 e. The Balaban J connectivity index is 2.25. The number of rotatable bonds is 4. The molecule has 0 aliphatic heterocycles. The molecule has 1 heterocycles. The van der Waals surface area contributed by atoms with Crippen molar-refractivity contribution < 1.29 is 4.39 Å². The number of hydrogen-bond acceptors (Lipinski definition) is 5. The average molecular weight is 255 g/mol. The number of nitrogens with zero attached hydrogens (tertiary/aromatic N) is 2. The van der Waals surface area contributed by atoms with Crippen molar-refractivity contribution >= 4 is 23.1 Å². The summed E-state index contributed by atoms with van der Waals surface area (Å²) in [5.74, 6) is -0.231. The molecule has 0 aliphatic carbocycles. The first kappa shape index (κ1) is 11.5. The summed E-state index contributed by atoms with van der Waals surface area (Å²) in [6.45, 7) is 0.507. The van der Waals surface area contributed by atoms with Crippen molar-refractivity contribution in [1.82, 2.24) is 10.2 Å². The van der Waals surface area contributed by atoms with Crippen LogP contribution in [0, 0.1) is 5.82 Å². The molecule has 0 spiro atoms. The third kappa shape index (κ3) is 2.78. The second-order valence-corrected chi connectivity index (χ2v) is 5.22. The maximum absolute atomic E-state index is 13.1. The topological polar surface area (TPSA) is 51.8 Å². The zero-order valence-corrected chi connectivity index (χ0v) is 10.0. The van der Waals surface area contributed by atoms with Gasteiger partial charge < -0.3 is 5.73 Å². The van der Waals surface area contributed by atoms with Crippen LogP contribution in [0.25, 0.3) is 0 Å². The van der Waals surface area contributed by atoms with Gasteiger partial charge in [0.15, 0.2) is 4.34 Å². The molecule has 0 unspecified atom stereocenters. The fourth-order valence-electron chi connectivity index (χ4n) is 1.30. The van der Waals surface area contributed by atoms with Gasteiger partial charge in [-0.25, -0.2) is 4.39 Å².